The van der Waals surface area contributed by atoms with E-state index in [1.807, 2.05) is 25.8 Å². The third kappa shape index (κ3) is 3.91. The van der Waals surface area contributed by atoms with E-state index in [1.165, 1.54) is 0 Å². The lowest BCUT2D eigenvalue weighted by molar-refractivity contribution is -0.137. The Hall–Kier alpha value is -0.650. The zero-order chi connectivity index (χ0) is 14.0. The Labute approximate surface area is 116 Å². The van der Waals surface area contributed by atoms with Crippen LogP contribution in [0.2, 0.25) is 0 Å². The van der Waals surface area contributed by atoms with Crippen molar-refractivity contribution in [1.29, 1.82) is 0 Å². The molecule has 2 aliphatic rings. The first-order valence-corrected chi connectivity index (χ1v) is 7.30. The molecule has 0 radical (unpaired) electrons. The van der Waals surface area contributed by atoms with Gasteiger partial charge in [0.1, 0.15) is 0 Å². The molecule has 19 heavy (non-hydrogen) atoms. The number of piperazine rings is 1. The molecule has 110 valence electrons. The van der Waals surface area contributed by atoms with E-state index in [9.17, 15) is 9.90 Å². The monoisotopic (exact) mass is 269 g/mol. The average molecular weight is 269 g/mol. The van der Waals surface area contributed by atoms with Crippen molar-refractivity contribution >= 4 is 5.91 Å². The van der Waals surface area contributed by atoms with Gasteiger partial charge in [-0.2, -0.15) is 0 Å². The second-order valence-electron chi connectivity index (χ2n) is 6.55. The first-order chi connectivity index (χ1) is 8.87. The van der Waals surface area contributed by atoms with E-state index in [0.717, 1.165) is 45.6 Å². The van der Waals surface area contributed by atoms with Gasteiger partial charge in [-0.3, -0.25) is 14.6 Å². The Bertz CT molecular complexity index is 319. The van der Waals surface area contributed by atoms with Gasteiger partial charge in [-0.25, -0.2) is 0 Å². The van der Waals surface area contributed by atoms with Crippen molar-refractivity contribution in [1.82, 2.24) is 14.7 Å². The quantitative estimate of drug-likeness (QED) is 0.783. The number of β-amino-alcohol motifs (C(OH)–C–C–N with tert-alkyl or cyclic N) is 1. The van der Waals surface area contributed by atoms with Gasteiger partial charge in [-0.05, 0) is 40.3 Å². The number of hydrogen-bond donors (Lipinski definition) is 1. The molecule has 0 aromatic heterocycles. The topological polar surface area (TPSA) is 47.0 Å². The minimum atomic E-state index is -0.655. The Balaban J connectivity index is 1.81. The van der Waals surface area contributed by atoms with Gasteiger partial charge in [0.2, 0.25) is 5.91 Å². The van der Waals surface area contributed by atoms with Crippen LogP contribution in [0.25, 0.3) is 0 Å². The van der Waals surface area contributed by atoms with E-state index in [4.69, 9.17) is 0 Å². The molecule has 5 nitrogen and oxygen atoms in total. The highest BCUT2D eigenvalue weighted by Crippen LogP contribution is 2.18. The van der Waals surface area contributed by atoms with E-state index in [2.05, 4.69) is 9.80 Å². The molecule has 0 aromatic carbocycles. The lowest BCUT2D eigenvalue weighted by Crippen LogP contribution is -2.55. The smallest absolute Gasteiger partial charge is 0.240 e. The summed E-state index contributed by atoms with van der Waals surface area (Å²) in [6.45, 7) is 8.69. The van der Waals surface area contributed by atoms with Crippen molar-refractivity contribution in [2.24, 2.45) is 0 Å². The van der Waals surface area contributed by atoms with Crippen LogP contribution in [-0.2, 0) is 4.79 Å². The van der Waals surface area contributed by atoms with Crippen LogP contribution in [0.15, 0.2) is 0 Å². The summed E-state index contributed by atoms with van der Waals surface area (Å²) < 4.78 is 0. The standard InChI is InChI=1S/C14H27N3O2/c1-14(2,19)11-16-7-9-17(10-8-16)13(18)12-5-4-6-15(12)3/h12,19H,4-11H2,1-3H3. The minimum Gasteiger partial charge on any atom is -0.389 e. The van der Waals surface area contributed by atoms with Gasteiger partial charge in [0.25, 0.3) is 0 Å². The second kappa shape index (κ2) is 5.77. The van der Waals surface area contributed by atoms with E-state index in [1.54, 1.807) is 0 Å². The molecule has 2 saturated heterocycles. The number of carbonyl (C=O) groups excluding carboxylic acids is 1. The molecule has 5 heteroatoms. The Kier molecular flexibility index (Phi) is 4.48. The van der Waals surface area contributed by atoms with Crippen LogP contribution in [0.3, 0.4) is 0 Å². The van der Waals surface area contributed by atoms with Gasteiger partial charge in [0.05, 0.1) is 11.6 Å². The molecule has 2 aliphatic heterocycles. The van der Waals surface area contributed by atoms with Gasteiger partial charge in [0.15, 0.2) is 0 Å². The average Bonchev–Trinajstić information content (AvgIpc) is 2.73. The Morgan fingerprint density at radius 2 is 1.84 bits per heavy atom. The molecule has 2 rings (SSSR count). The molecule has 0 spiro atoms. The summed E-state index contributed by atoms with van der Waals surface area (Å²) >= 11 is 0. The maximum Gasteiger partial charge on any atom is 0.240 e. The van der Waals surface area contributed by atoms with Crippen LogP contribution in [0.1, 0.15) is 26.7 Å². The van der Waals surface area contributed by atoms with Gasteiger partial charge in [-0.1, -0.05) is 0 Å². The van der Waals surface area contributed by atoms with Crippen molar-refractivity contribution in [3.05, 3.63) is 0 Å². The number of nitrogens with zero attached hydrogens (tertiary/aromatic N) is 3. The van der Waals surface area contributed by atoms with Crippen LogP contribution >= 0.6 is 0 Å². The van der Waals surface area contributed by atoms with Crippen LogP contribution < -0.4 is 0 Å². The number of amides is 1. The molecule has 2 heterocycles. The predicted octanol–water partition coefficient (Wildman–Crippen LogP) is -0.00430. The van der Waals surface area contributed by atoms with Crippen LogP contribution in [-0.4, -0.2) is 83.7 Å². The molecule has 1 unspecified atom stereocenters. The fourth-order valence-corrected chi connectivity index (χ4v) is 3.11. The molecular weight excluding hydrogens is 242 g/mol. The molecule has 0 aromatic rings. The third-order valence-electron chi connectivity index (χ3n) is 4.10. The van der Waals surface area contributed by atoms with Crippen molar-refractivity contribution in [2.45, 2.75) is 38.3 Å². The summed E-state index contributed by atoms with van der Waals surface area (Å²) in [4.78, 5) is 18.8. The van der Waals surface area contributed by atoms with E-state index in [-0.39, 0.29) is 6.04 Å². The molecule has 1 N–H and O–H groups in total. The first kappa shape index (κ1) is 14.8. The normalized spacial score (nSPS) is 26.9. The maximum atomic E-state index is 12.4. The summed E-state index contributed by atoms with van der Waals surface area (Å²) in [6, 6.07) is 0.0980. The molecule has 1 atom stereocenters. The largest absolute Gasteiger partial charge is 0.389 e. The fourth-order valence-electron chi connectivity index (χ4n) is 3.11. The number of likely N-dealkylation sites (tertiary alicyclic amines) is 1. The van der Waals surface area contributed by atoms with Gasteiger partial charge >= 0.3 is 0 Å². The molecule has 1 amide bonds. The molecule has 0 bridgehead atoms. The summed E-state index contributed by atoms with van der Waals surface area (Å²) in [5, 5.41) is 9.82. The van der Waals surface area contributed by atoms with Crippen LogP contribution in [0.5, 0.6) is 0 Å². The van der Waals surface area contributed by atoms with Crippen LogP contribution in [0.4, 0.5) is 0 Å². The van der Waals surface area contributed by atoms with E-state index < -0.39 is 5.60 Å². The van der Waals surface area contributed by atoms with Gasteiger partial charge < -0.3 is 10.0 Å². The Morgan fingerprint density at radius 3 is 2.32 bits per heavy atom. The molecular formula is C14H27N3O2. The van der Waals surface area contributed by atoms with Crippen molar-refractivity contribution in [3.8, 4) is 0 Å². The number of aliphatic hydroxyl groups is 1. The summed E-state index contributed by atoms with van der Waals surface area (Å²) in [5.41, 5.74) is -0.655. The highest BCUT2D eigenvalue weighted by atomic mass is 16.3. The zero-order valence-electron chi connectivity index (χ0n) is 12.4. The SMILES string of the molecule is CN1CCCC1C(=O)N1CCN(CC(C)(C)O)CC1. The van der Waals surface area contributed by atoms with E-state index in [0.29, 0.717) is 12.5 Å². The lowest BCUT2D eigenvalue weighted by Gasteiger charge is -2.38. The lowest BCUT2D eigenvalue weighted by atomic mass is 10.1. The van der Waals surface area contributed by atoms with Crippen molar-refractivity contribution in [3.63, 3.8) is 0 Å². The summed E-state index contributed by atoms with van der Waals surface area (Å²) in [6.07, 6.45) is 2.13. The molecule has 0 saturated carbocycles. The fraction of sp³-hybridized carbons (Fsp3) is 0.929. The third-order valence-corrected chi connectivity index (χ3v) is 4.10. The first-order valence-electron chi connectivity index (χ1n) is 7.30. The Morgan fingerprint density at radius 1 is 1.21 bits per heavy atom. The molecule has 2 fully saturated rings. The summed E-state index contributed by atoms with van der Waals surface area (Å²) in [7, 11) is 2.04. The highest BCUT2D eigenvalue weighted by Gasteiger charge is 2.33. The minimum absolute atomic E-state index is 0.0980. The number of rotatable bonds is 3. The number of hydrogen-bond acceptors (Lipinski definition) is 4. The van der Waals surface area contributed by atoms with Crippen molar-refractivity contribution in [2.75, 3.05) is 46.3 Å². The van der Waals surface area contributed by atoms with Gasteiger partial charge in [-0.15, -0.1) is 0 Å². The predicted molar refractivity (Wildman–Crippen MR) is 75.0 cm³/mol. The second-order valence-corrected chi connectivity index (χ2v) is 6.55. The zero-order valence-corrected chi connectivity index (χ0v) is 12.4. The summed E-state index contributed by atoms with van der Waals surface area (Å²) in [5.74, 6) is 0.294. The van der Waals surface area contributed by atoms with Crippen LogP contribution in [0, 0.1) is 0 Å². The number of likely N-dealkylation sites (N-methyl/N-ethyl adjacent to an activating group) is 1. The van der Waals surface area contributed by atoms with Gasteiger partial charge in [0, 0.05) is 32.7 Å². The maximum absolute atomic E-state index is 12.4. The molecule has 0 aliphatic carbocycles. The highest BCUT2D eigenvalue weighted by molar-refractivity contribution is 5.82. The van der Waals surface area contributed by atoms with E-state index >= 15 is 0 Å². The van der Waals surface area contributed by atoms with Crippen molar-refractivity contribution < 1.29 is 9.90 Å². The number of carbonyl (C=O) groups is 1.